The largest absolute Gasteiger partial charge is 0.486 e. The van der Waals surface area contributed by atoms with E-state index >= 15 is 0 Å². The van der Waals surface area contributed by atoms with E-state index in [1.807, 2.05) is 0 Å². The maximum absolute atomic E-state index is 12.6. The number of carbonyl (C=O) groups excluding carboxylic acids is 1. The molecule has 0 unspecified atom stereocenters. The molecule has 1 amide bonds. The first-order valence-corrected chi connectivity index (χ1v) is 8.61. The van der Waals surface area contributed by atoms with E-state index in [9.17, 15) is 9.59 Å². The zero-order valence-electron chi connectivity index (χ0n) is 14.6. The molecule has 0 bridgehead atoms. The van der Waals surface area contributed by atoms with E-state index in [1.165, 1.54) is 4.90 Å². The standard InChI is InChI=1S/C19H18ClNO6/c1-21(13-2-4-14(5-3-13)27-11-18(23)24)17(22)10-12-8-15(20)19-16(9-12)25-6-7-26-19/h2-5,8-9H,6-7,10-11H2,1H3,(H,23,24). The van der Waals surface area contributed by atoms with Gasteiger partial charge < -0.3 is 24.2 Å². The van der Waals surface area contributed by atoms with Crippen molar-refractivity contribution in [2.45, 2.75) is 6.42 Å². The molecule has 7 nitrogen and oxygen atoms in total. The van der Waals surface area contributed by atoms with Gasteiger partial charge in [-0.3, -0.25) is 4.79 Å². The van der Waals surface area contributed by atoms with Crippen molar-refractivity contribution in [1.82, 2.24) is 0 Å². The van der Waals surface area contributed by atoms with E-state index in [2.05, 4.69) is 0 Å². The molecule has 8 heteroatoms. The highest BCUT2D eigenvalue weighted by Gasteiger charge is 2.19. The Hall–Kier alpha value is -2.93. The molecule has 142 valence electrons. The number of aliphatic carboxylic acids is 1. The summed E-state index contributed by atoms with van der Waals surface area (Å²) in [7, 11) is 1.66. The molecule has 0 radical (unpaired) electrons. The van der Waals surface area contributed by atoms with Gasteiger partial charge in [0.2, 0.25) is 5.91 Å². The number of carboxylic acids is 1. The average molecular weight is 392 g/mol. The van der Waals surface area contributed by atoms with Crippen LogP contribution in [-0.4, -0.2) is 43.9 Å². The van der Waals surface area contributed by atoms with Crippen molar-refractivity contribution >= 4 is 29.2 Å². The normalized spacial score (nSPS) is 12.4. The quantitative estimate of drug-likeness (QED) is 0.815. The van der Waals surface area contributed by atoms with Crippen molar-refractivity contribution in [2.75, 3.05) is 31.8 Å². The number of carboxylic acid groups (broad SMARTS) is 1. The number of ether oxygens (including phenoxy) is 3. The minimum absolute atomic E-state index is 0.137. The second kappa shape index (κ2) is 8.18. The van der Waals surface area contributed by atoms with Crippen LogP contribution in [0.3, 0.4) is 0 Å². The fourth-order valence-corrected chi connectivity index (χ4v) is 2.90. The number of benzene rings is 2. The van der Waals surface area contributed by atoms with Crippen LogP contribution in [0.25, 0.3) is 0 Å². The van der Waals surface area contributed by atoms with Crippen LogP contribution in [0.5, 0.6) is 17.2 Å². The first kappa shape index (κ1) is 18.8. The zero-order chi connectivity index (χ0) is 19.4. The van der Waals surface area contributed by atoms with E-state index in [-0.39, 0.29) is 12.3 Å². The lowest BCUT2D eigenvalue weighted by Crippen LogP contribution is -2.28. The third kappa shape index (κ3) is 4.62. The van der Waals surface area contributed by atoms with E-state index in [0.717, 1.165) is 5.56 Å². The number of hydrogen-bond acceptors (Lipinski definition) is 5. The molecule has 1 aliphatic rings. The summed E-state index contributed by atoms with van der Waals surface area (Å²) in [5.41, 5.74) is 1.38. The van der Waals surface area contributed by atoms with Crippen molar-refractivity contribution < 1.29 is 28.9 Å². The second-order valence-electron chi connectivity index (χ2n) is 5.91. The summed E-state index contributed by atoms with van der Waals surface area (Å²) in [4.78, 5) is 24.6. The van der Waals surface area contributed by atoms with Gasteiger partial charge in [-0.2, -0.15) is 0 Å². The van der Waals surface area contributed by atoms with E-state index in [4.69, 9.17) is 30.9 Å². The summed E-state index contributed by atoms with van der Waals surface area (Å²) in [5, 5.41) is 9.03. The molecule has 0 saturated heterocycles. The lowest BCUT2D eigenvalue weighted by atomic mass is 10.1. The third-order valence-electron chi connectivity index (χ3n) is 3.97. The Morgan fingerprint density at radius 3 is 2.59 bits per heavy atom. The summed E-state index contributed by atoms with van der Waals surface area (Å²) in [5.74, 6) is 0.274. The molecule has 1 heterocycles. The number of amides is 1. The van der Waals surface area contributed by atoms with Gasteiger partial charge in [-0.25, -0.2) is 4.79 Å². The SMILES string of the molecule is CN(C(=O)Cc1cc(Cl)c2c(c1)OCCO2)c1ccc(OCC(=O)O)cc1. The maximum Gasteiger partial charge on any atom is 0.341 e. The zero-order valence-corrected chi connectivity index (χ0v) is 15.4. The molecule has 27 heavy (non-hydrogen) atoms. The molecule has 3 rings (SSSR count). The number of carbonyl (C=O) groups is 2. The smallest absolute Gasteiger partial charge is 0.341 e. The van der Waals surface area contributed by atoms with Crippen LogP contribution in [0.15, 0.2) is 36.4 Å². The van der Waals surface area contributed by atoms with Crippen LogP contribution in [-0.2, 0) is 16.0 Å². The monoisotopic (exact) mass is 391 g/mol. The Bertz CT molecular complexity index is 852. The third-order valence-corrected chi connectivity index (χ3v) is 4.25. The highest BCUT2D eigenvalue weighted by Crippen LogP contribution is 2.38. The number of anilines is 1. The molecule has 2 aromatic carbocycles. The van der Waals surface area contributed by atoms with Crippen molar-refractivity contribution in [2.24, 2.45) is 0 Å². The highest BCUT2D eigenvalue weighted by atomic mass is 35.5. The number of hydrogen-bond donors (Lipinski definition) is 1. The summed E-state index contributed by atoms with van der Waals surface area (Å²) in [6, 6.07) is 10.1. The van der Waals surface area contributed by atoms with Crippen molar-refractivity contribution in [3.8, 4) is 17.2 Å². The topological polar surface area (TPSA) is 85.3 Å². The Morgan fingerprint density at radius 2 is 1.89 bits per heavy atom. The molecule has 0 aliphatic carbocycles. The highest BCUT2D eigenvalue weighted by molar-refractivity contribution is 6.32. The summed E-state index contributed by atoms with van der Waals surface area (Å²) >= 11 is 6.21. The van der Waals surface area contributed by atoms with Crippen LogP contribution >= 0.6 is 11.6 Å². The van der Waals surface area contributed by atoms with Crippen LogP contribution in [0.1, 0.15) is 5.56 Å². The van der Waals surface area contributed by atoms with Crippen LogP contribution < -0.4 is 19.1 Å². The predicted octanol–water partition coefficient (Wildman–Crippen LogP) is 2.78. The Labute approximate surface area is 161 Å². The van der Waals surface area contributed by atoms with Crippen molar-refractivity contribution in [3.05, 3.63) is 47.0 Å². The molecule has 0 saturated carbocycles. The Balaban J connectivity index is 1.67. The van der Waals surface area contributed by atoms with Gasteiger partial charge in [0.15, 0.2) is 18.1 Å². The molecule has 0 aromatic heterocycles. The van der Waals surface area contributed by atoms with E-state index < -0.39 is 12.6 Å². The van der Waals surface area contributed by atoms with Crippen molar-refractivity contribution in [3.63, 3.8) is 0 Å². The minimum atomic E-state index is -1.05. The lowest BCUT2D eigenvalue weighted by molar-refractivity contribution is -0.139. The summed E-state index contributed by atoms with van der Waals surface area (Å²) in [6.45, 7) is 0.468. The molecule has 1 N–H and O–H groups in total. The second-order valence-corrected chi connectivity index (χ2v) is 6.31. The fourth-order valence-electron chi connectivity index (χ4n) is 2.61. The van der Waals surface area contributed by atoms with Gasteiger partial charge in [-0.15, -0.1) is 0 Å². The van der Waals surface area contributed by atoms with Gasteiger partial charge in [0.1, 0.15) is 19.0 Å². The molecular weight excluding hydrogens is 374 g/mol. The van der Waals surface area contributed by atoms with Gasteiger partial charge in [-0.05, 0) is 42.0 Å². The molecule has 0 atom stereocenters. The number of fused-ring (bicyclic) bond motifs is 1. The Morgan fingerprint density at radius 1 is 1.19 bits per heavy atom. The van der Waals surface area contributed by atoms with E-state index in [0.29, 0.717) is 41.2 Å². The first-order chi connectivity index (χ1) is 12.9. The van der Waals surface area contributed by atoms with Gasteiger partial charge >= 0.3 is 5.97 Å². The number of halogens is 1. The molecule has 0 spiro atoms. The summed E-state index contributed by atoms with van der Waals surface area (Å²) in [6.07, 6.45) is 0.143. The maximum atomic E-state index is 12.6. The minimum Gasteiger partial charge on any atom is -0.486 e. The Kier molecular flexibility index (Phi) is 5.71. The van der Waals surface area contributed by atoms with Gasteiger partial charge in [0.25, 0.3) is 0 Å². The predicted molar refractivity (Wildman–Crippen MR) is 99.1 cm³/mol. The molecular formula is C19H18ClNO6. The number of likely N-dealkylation sites (N-methyl/N-ethyl adjacent to an activating group) is 1. The van der Waals surface area contributed by atoms with Crippen molar-refractivity contribution in [1.29, 1.82) is 0 Å². The van der Waals surface area contributed by atoms with Gasteiger partial charge in [0, 0.05) is 12.7 Å². The van der Waals surface area contributed by atoms with Gasteiger partial charge in [-0.1, -0.05) is 11.6 Å². The number of rotatable bonds is 6. The number of nitrogens with zero attached hydrogens (tertiary/aromatic N) is 1. The fraction of sp³-hybridized carbons (Fsp3) is 0.263. The summed E-state index contributed by atoms with van der Waals surface area (Å²) < 4.78 is 16.1. The molecule has 1 aliphatic heterocycles. The van der Waals surface area contributed by atoms with Crippen LogP contribution in [0.2, 0.25) is 5.02 Å². The molecule has 0 fully saturated rings. The van der Waals surface area contributed by atoms with Gasteiger partial charge in [0.05, 0.1) is 11.4 Å². The average Bonchev–Trinajstić information content (AvgIpc) is 2.66. The van der Waals surface area contributed by atoms with E-state index in [1.54, 1.807) is 43.4 Å². The lowest BCUT2D eigenvalue weighted by Gasteiger charge is -2.21. The first-order valence-electron chi connectivity index (χ1n) is 8.23. The molecule has 2 aromatic rings. The van der Waals surface area contributed by atoms with Crippen LogP contribution in [0.4, 0.5) is 5.69 Å². The van der Waals surface area contributed by atoms with Crippen LogP contribution in [0, 0.1) is 0 Å².